The third kappa shape index (κ3) is 3.29. The van der Waals surface area contributed by atoms with Crippen LogP contribution in [0.1, 0.15) is 36.8 Å². The van der Waals surface area contributed by atoms with E-state index >= 15 is 0 Å². The van der Waals surface area contributed by atoms with Crippen molar-refractivity contribution >= 4 is 0 Å². The maximum absolute atomic E-state index is 11.5. The number of hydrogen-bond acceptors (Lipinski definition) is 7. The fourth-order valence-corrected chi connectivity index (χ4v) is 4.75. The molecule has 2 aliphatic rings. The SMILES string of the molecule is COc1ncc(C2(O)CC3CCC(C2)N3Cc2ccccc2OC)c(OC)n1. The van der Waals surface area contributed by atoms with Gasteiger partial charge in [-0.15, -0.1) is 0 Å². The molecule has 2 bridgehead atoms. The summed E-state index contributed by atoms with van der Waals surface area (Å²) in [6, 6.07) is 8.96. The first-order valence-corrected chi connectivity index (χ1v) is 9.63. The molecule has 0 aliphatic carbocycles. The van der Waals surface area contributed by atoms with Crippen LogP contribution in [0.25, 0.3) is 0 Å². The molecule has 2 unspecified atom stereocenters. The van der Waals surface area contributed by atoms with Crippen LogP contribution in [0.2, 0.25) is 0 Å². The average Bonchev–Trinajstić information content (AvgIpc) is 2.97. The number of ether oxygens (including phenoxy) is 3. The molecular formula is C21H27N3O4. The van der Waals surface area contributed by atoms with E-state index in [9.17, 15) is 5.11 Å². The molecule has 0 spiro atoms. The van der Waals surface area contributed by atoms with Gasteiger partial charge < -0.3 is 19.3 Å². The monoisotopic (exact) mass is 385 g/mol. The molecule has 2 fully saturated rings. The summed E-state index contributed by atoms with van der Waals surface area (Å²) in [5.74, 6) is 1.29. The van der Waals surface area contributed by atoms with E-state index in [1.54, 1.807) is 20.4 Å². The lowest BCUT2D eigenvalue weighted by Gasteiger charge is -2.44. The molecule has 1 N–H and O–H groups in total. The minimum atomic E-state index is -0.999. The second-order valence-electron chi connectivity index (χ2n) is 7.59. The molecule has 3 heterocycles. The van der Waals surface area contributed by atoms with E-state index in [1.807, 2.05) is 18.2 Å². The van der Waals surface area contributed by atoms with Gasteiger partial charge in [-0.3, -0.25) is 4.90 Å². The number of rotatable bonds is 6. The molecule has 0 amide bonds. The maximum atomic E-state index is 11.5. The average molecular weight is 385 g/mol. The predicted octanol–water partition coefficient (Wildman–Crippen LogP) is 2.52. The number of para-hydroxylation sites is 1. The Labute approximate surface area is 165 Å². The predicted molar refractivity (Wildman–Crippen MR) is 104 cm³/mol. The largest absolute Gasteiger partial charge is 0.496 e. The van der Waals surface area contributed by atoms with Gasteiger partial charge in [-0.1, -0.05) is 18.2 Å². The van der Waals surface area contributed by atoms with Gasteiger partial charge >= 0.3 is 6.01 Å². The zero-order valence-corrected chi connectivity index (χ0v) is 16.6. The first kappa shape index (κ1) is 19.0. The van der Waals surface area contributed by atoms with E-state index in [1.165, 1.54) is 12.7 Å². The Hall–Kier alpha value is -2.38. The first-order valence-electron chi connectivity index (χ1n) is 9.63. The van der Waals surface area contributed by atoms with E-state index < -0.39 is 5.60 Å². The minimum Gasteiger partial charge on any atom is -0.496 e. The fourth-order valence-electron chi connectivity index (χ4n) is 4.75. The third-order valence-corrected chi connectivity index (χ3v) is 6.07. The van der Waals surface area contributed by atoms with Gasteiger partial charge in [0.05, 0.1) is 32.5 Å². The lowest BCUT2D eigenvalue weighted by Crippen LogP contribution is -2.49. The van der Waals surface area contributed by atoms with Crippen LogP contribution < -0.4 is 14.2 Å². The van der Waals surface area contributed by atoms with Crippen molar-refractivity contribution in [3.8, 4) is 17.6 Å². The van der Waals surface area contributed by atoms with Crippen LogP contribution in [0.3, 0.4) is 0 Å². The summed E-state index contributed by atoms with van der Waals surface area (Å²) in [7, 11) is 4.78. The molecule has 2 saturated heterocycles. The molecule has 28 heavy (non-hydrogen) atoms. The summed E-state index contributed by atoms with van der Waals surface area (Å²) in [6.07, 6.45) is 5.04. The molecule has 1 aromatic heterocycles. The summed E-state index contributed by atoms with van der Waals surface area (Å²) in [5, 5.41) is 11.5. The lowest BCUT2D eigenvalue weighted by atomic mass is 9.81. The van der Waals surface area contributed by atoms with Crippen LogP contribution in [-0.2, 0) is 12.1 Å². The van der Waals surface area contributed by atoms with Crippen LogP contribution in [0.4, 0.5) is 0 Å². The van der Waals surface area contributed by atoms with Crippen molar-refractivity contribution in [3.63, 3.8) is 0 Å². The number of fused-ring (bicyclic) bond motifs is 2. The smallest absolute Gasteiger partial charge is 0.319 e. The molecule has 2 aliphatic heterocycles. The van der Waals surface area contributed by atoms with E-state index in [2.05, 4.69) is 20.9 Å². The maximum Gasteiger partial charge on any atom is 0.319 e. The van der Waals surface area contributed by atoms with Crippen LogP contribution in [-0.4, -0.2) is 53.4 Å². The summed E-state index contributed by atoms with van der Waals surface area (Å²) < 4.78 is 16.0. The van der Waals surface area contributed by atoms with Crippen LogP contribution in [0, 0.1) is 0 Å². The highest BCUT2D eigenvalue weighted by atomic mass is 16.5. The molecule has 2 aromatic rings. The lowest BCUT2D eigenvalue weighted by molar-refractivity contribution is -0.0614. The van der Waals surface area contributed by atoms with Gasteiger partial charge in [-0.05, 0) is 31.7 Å². The van der Waals surface area contributed by atoms with Crippen molar-refractivity contribution in [2.75, 3.05) is 21.3 Å². The Bertz CT molecular complexity index is 830. The van der Waals surface area contributed by atoms with Gasteiger partial charge in [0.2, 0.25) is 5.88 Å². The number of benzene rings is 1. The van der Waals surface area contributed by atoms with E-state index in [0.29, 0.717) is 36.4 Å². The number of hydrogen-bond donors (Lipinski definition) is 1. The van der Waals surface area contributed by atoms with Crippen LogP contribution >= 0.6 is 0 Å². The molecule has 150 valence electrons. The van der Waals surface area contributed by atoms with Crippen molar-refractivity contribution < 1.29 is 19.3 Å². The van der Waals surface area contributed by atoms with Gasteiger partial charge in [0, 0.05) is 30.4 Å². The summed E-state index contributed by atoms with van der Waals surface area (Å²) in [6.45, 7) is 0.825. The van der Waals surface area contributed by atoms with Gasteiger partial charge in [0.1, 0.15) is 5.75 Å². The molecule has 0 radical (unpaired) electrons. The third-order valence-electron chi connectivity index (χ3n) is 6.07. The van der Waals surface area contributed by atoms with Crippen LogP contribution in [0.15, 0.2) is 30.5 Å². The minimum absolute atomic E-state index is 0.237. The summed E-state index contributed by atoms with van der Waals surface area (Å²) in [4.78, 5) is 11.0. The van der Waals surface area contributed by atoms with Gasteiger partial charge in [0.25, 0.3) is 0 Å². The molecule has 2 atom stereocenters. The van der Waals surface area contributed by atoms with Gasteiger partial charge in [0.15, 0.2) is 0 Å². The Kier molecular flexibility index (Phi) is 5.12. The molecule has 7 heteroatoms. The number of nitrogens with zero attached hydrogens (tertiary/aromatic N) is 3. The zero-order valence-electron chi connectivity index (χ0n) is 16.6. The Morgan fingerprint density at radius 3 is 2.43 bits per heavy atom. The number of aromatic nitrogens is 2. The van der Waals surface area contributed by atoms with Crippen molar-refractivity contribution in [1.82, 2.24) is 14.9 Å². The highest BCUT2D eigenvalue weighted by molar-refractivity contribution is 5.35. The Balaban J connectivity index is 1.58. The molecule has 7 nitrogen and oxygen atoms in total. The fraction of sp³-hybridized carbons (Fsp3) is 0.524. The standard InChI is InChI=1S/C21H27N3O4/c1-26-18-7-5-4-6-14(18)13-24-15-8-9-16(24)11-21(25,10-15)17-12-22-20(28-3)23-19(17)27-2/h4-7,12,15-16,25H,8-11,13H2,1-3H3. The van der Waals surface area contributed by atoms with Gasteiger partial charge in [-0.25, -0.2) is 4.98 Å². The molecule has 0 saturated carbocycles. The van der Waals surface area contributed by atoms with Crippen molar-refractivity contribution in [1.29, 1.82) is 0 Å². The Morgan fingerprint density at radius 1 is 1.07 bits per heavy atom. The first-order chi connectivity index (χ1) is 13.6. The topological polar surface area (TPSA) is 76.9 Å². The number of methoxy groups -OCH3 is 3. The van der Waals surface area contributed by atoms with E-state index in [4.69, 9.17) is 14.2 Å². The quantitative estimate of drug-likeness (QED) is 0.819. The van der Waals surface area contributed by atoms with Gasteiger partial charge in [-0.2, -0.15) is 4.98 Å². The summed E-state index contributed by atoms with van der Waals surface area (Å²) in [5.41, 5.74) is 0.822. The number of aliphatic hydroxyl groups is 1. The zero-order chi connectivity index (χ0) is 19.7. The van der Waals surface area contributed by atoms with E-state index in [-0.39, 0.29) is 6.01 Å². The second kappa shape index (κ2) is 7.56. The normalized spacial score (nSPS) is 26.9. The summed E-state index contributed by atoms with van der Waals surface area (Å²) >= 11 is 0. The van der Waals surface area contributed by atoms with Crippen molar-refractivity contribution in [3.05, 3.63) is 41.6 Å². The number of piperidine rings is 1. The highest BCUT2D eigenvalue weighted by Gasteiger charge is 2.49. The van der Waals surface area contributed by atoms with Crippen molar-refractivity contribution in [2.24, 2.45) is 0 Å². The second-order valence-corrected chi connectivity index (χ2v) is 7.59. The highest BCUT2D eigenvalue weighted by Crippen LogP contribution is 2.48. The van der Waals surface area contributed by atoms with Crippen LogP contribution in [0.5, 0.6) is 17.6 Å². The van der Waals surface area contributed by atoms with Crippen molar-refractivity contribution in [2.45, 2.75) is 49.9 Å². The molecular weight excluding hydrogens is 358 g/mol. The molecule has 4 rings (SSSR count). The Morgan fingerprint density at radius 2 is 1.79 bits per heavy atom. The molecule has 1 aromatic carbocycles. The van der Waals surface area contributed by atoms with E-state index in [0.717, 1.165) is 25.1 Å².